The molecule has 0 aromatic rings. The molecule has 2 saturated heterocycles. The summed E-state index contributed by atoms with van der Waals surface area (Å²) in [5, 5.41) is 3.36. The minimum Gasteiger partial charge on any atom is -0.343 e. The molecule has 16 heavy (non-hydrogen) atoms. The summed E-state index contributed by atoms with van der Waals surface area (Å²) >= 11 is 0. The summed E-state index contributed by atoms with van der Waals surface area (Å²) in [5.41, 5.74) is 0. The van der Waals surface area contributed by atoms with E-state index in [1.54, 1.807) is 0 Å². The molecule has 4 nitrogen and oxygen atoms in total. The van der Waals surface area contributed by atoms with E-state index in [-0.39, 0.29) is 0 Å². The fourth-order valence-corrected chi connectivity index (χ4v) is 2.52. The summed E-state index contributed by atoms with van der Waals surface area (Å²) in [4.78, 5) is 16.1. The summed E-state index contributed by atoms with van der Waals surface area (Å²) in [5.74, 6) is 0.367. The number of nitrogens with zero attached hydrogens (tertiary/aromatic N) is 2. The average molecular weight is 225 g/mol. The van der Waals surface area contributed by atoms with Gasteiger partial charge >= 0.3 is 0 Å². The molecule has 2 aliphatic rings. The van der Waals surface area contributed by atoms with Crippen molar-refractivity contribution in [1.82, 2.24) is 15.1 Å². The first-order valence-electron chi connectivity index (χ1n) is 6.57. The van der Waals surface area contributed by atoms with Crippen LogP contribution in [0.15, 0.2) is 0 Å². The zero-order valence-electron chi connectivity index (χ0n) is 10.1. The first-order chi connectivity index (χ1) is 7.86. The highest BCUT2D eigenvalue weighted by Gasteiger charge is 2.17. The largest absolute Gasteiger partial charge is 0.343 e. The van der Waals surface area contributed by atoms with Gasteiger partial charge in [0.2, 0.25) is 5.91 Å². The first-order valence-corrected chi connectivity index (χ1v) is 6.57. The molecule has 4 heteroatoms. The lowest BCUT2D eigenvalue weighted by molar-refractivity contribution is -0.133. The number of amides is 1. The zero-order chi connectivity index (χ0) is 11.2. The van der Waals surface area contributed by atoms with Gasteiger partial charge in [0.1, 0.15) is 0 Å². The van der Waals surface area contributed by atoms with Crippen LogP contribution in [0.25, 0.3) is 0 Å². The molecule has 0 aromatic carbocycles. The quantitative estimate of drug-likeness (QED) is 0.747. The van der Waals surface area contributed by atoms with E-state index >= 15 is 0 Å². The van der Waals surface area contributed by atoms with Gasteiger partial charge in [0, 0.05) is 45.7 Å². The Hall–Kier alpha value is -0.610. The SMILES string of the molecule is O=C1CCCCN1CCCN1CCNCC1. The number of carbonyl (C=O) groups is 1. The maximum Gasteiger partial charge on any atom is 0.222 e. The third-order valence-electron chi connectivity index (χ3n) is 3.53. The highest BCUT2D eigenvalue weighted by atomic mass is 16.2. The second-order valence-electron chi connectivity index (χ2n) is 4.78. The van der Waals surface area contributed by atoms with E-state index in [1.165, 1.54) is 6.42 Å². The second-order valence-corrected chi connectivity index (χ2v) is 4.78. The van der Waals surface area contributed by atoms with Gasteiger partial charge in [-0.1, -0.05) is 0 Å². The van der Waals surface area contributed by atoms with Crippen molar-refractivity contribution in [3.8, 4) is 0 Å². The lowest BCUT2D eigenvalue weighted by Gasteiger charge is -2.30. The van der Waals surface area contributed by atoms with E-state index in [4.69, 9.17) is 0 Å². The van der Waals surface area contributed by atoms with E-state index in [2.05, 4.69) is 10.2 Å². The highest BCUT2D eigenvalue weighted by molar-refractivity contribution is 5.76. The Morgan fingerprint density at radius 2 is 1.88 bits per heavy atom. The van der Waals surface area contributed by atoms with Crippen molar-refractivity contribution >= 4 is 5.91 Å². The number of carbonyl (C=O) groups excluding carboxylic acids is 1. The molecule has 0 aromatic heterocycles. The Bertz CT molecular complexity index is 226. The fraction of sp³-hybridized carbons (Fsp3) is 0.917. The van der Waals surface area contributed by atoms with Crippen LogP contribution < -0.4 is 5.32 Å². The molecule has 2 heterocycles. The van der Waals surface area contributed by atoms with E-state index < -0.39 is 0 Å². The van der Waals surface area contributed by atoms with Crippen molar-refractivity contribution in [2.45, 2.75) is 25.7 Å². The maximum atomic E-state index is 11.6. The van der Waals surface area contributed by atoms with E-state index in [0.717, 1.165) is 65.1 Å². The monoisotopic (exact) mass is 225 g/mol. The summed E-state index contributed by atoms with van der Waals surface area (Å²) in [7, 11) is 0. The van der Waals surface area contributed by atoms with Crippen molar-refractivity contribution in [2.75, 3.05) is 45.8 Å². The van der Waals surface area contributed by atoms with Gasteiger partial charge < -0.3 is 15.1 Å². The third-order valence-corrected chi connectivity index (χ3v) is 3.53. The summed E-state index contributed by atoms with van der Waals surface area (Å²) < 4.78 is 0. The van der Waals surface area contributed by atoms with Crippen LogP contribution in [0.3, 0.4) is 0 Å². The molecule has 2 aliphatic heterocycles. The van der Waals surface area contributed by atoms with Crippen molar-refractivity contribution in [2.24, 2.45) is 0 Å². The fourth-order valence-electron chi connectivity index (χ4n) is 2.52. The van der Waals surface area contributed by atoms with Gasteiger partial charge in [0.15, 0.2) is 0 Å². The lowest BCUT2D eigenvalue weighted by atomic mass is 10.1. The van der Waals surface area contributed by atoms with Gasteiger partial charge in [-0.25, -0.2) is 0 Å². The van der Waals surface area contributed by atoms with Gasteiger partial charge in [0.05, 0.1) is 0 Å². The number of hydrogen-bond acceptors (Lipinski definition) is 3. The molecule has 0 spiro atoms. The highest BCUT2D eigenvalue weighted by Crippen LogP contribution is 2.10. The molecule has 0 unspecified atom stereocenters. The number of piperidine rings is 1. The molecule has 0 aliphatic carbocycles. The smallest absolute Gasteiger partial charge is 0.222 e. The molecule has 2 fully saturated rings. The molecule has 0 saturated carbocycles. The molecule has 0 atom stereocenters. The lowest BCUT2D eigenvalue weighted by Crippen LogP contribution is -2.44. The van der Waals surface area contributed by atoms with Crippen LogP contribution in [0.2, 0.25) is 0 Å². The molecular weight excluding hydrogens is 202 g/mol. The van der Waals surface area contributed by atoms with Crippen LogP contribution in [-0.2, 0) is 4.79 Å². The number of hydrogen-bond donors (Lipinski definition) is 1. The molecular formula is C12H23N3O. The molecule has 0 bridgehead atoms. The van der Waals surface area contributed by atoms with Crippen molar-refractivity contribution in [3.63, 3.8) is 0 Å². The van der Waals surface area contributed by atoms with Crippen LogP contribution >= 0.6 is 0 Å². The van der Waals surface area contributed by atoms with Crippen LogP contribution in [0, 0.1) is 0 Å². The normalized spacial score (nSPS) is 23.8. The van der Waals surface area contributed by atoms with E-state index in [0.29, 0.717) is 5.91 Å². The van der Waals surface area contributed by atoms with Crippen molar-refractivity contribution in [1.29, 1.82) is 0 Å². The number of likely N-dealkylation sites (tertiary alicyclic amines) is 1. The van der Waals surface area contributed by atoms with E-state index in [9.17, 15) is 4.79 Å². The number of piperazine rings is 1. The van der Waals surface area contributed by atoms with Gasteiger partial charge in [0.25, 0.3) is 0 Å². The molecule has 1 amide bonds. The van der Waals surface area contributed by atoms with Gasteiger partial charge in [-0.05, 0) is 25.8 Å². The summed E-state index contributed by atoms with van der Waals surface area (Å²) in [6.07, 6.45) is 4.19. The standard InChI is InChI=1S/C12H23N3O/c16-12-4-1-2-8-15(12)9-3-7-14-10-5-13-6-11-14/h13H,1-11H2. The van der Waals surface area contributed by atoms with Gasteiger partial charge in [-0.15, -0.1) is 0 Å². The number of nitrogens with one attached hydrogen (secondary N) is 1. The predicted molar refractivity (Wildman–Crippen MR) is 64.4 cm³/mol. The Morgan fingerprint density at radius 1 is 1.06 bits per heavy atom. The predicted octanol–water partition coefficient (Wildman–Crippen LogP) is 0.294. The maximum absolute atomic E-state index is 11.6. The Labute approximate surface area is 98.0 Å². The summed E-state index contributed by atoms with van der Waals surface area (Å²) in [6, 6.07) is 0. The topological polar surface area (TPSA) is 35.6 Å². The minimum absolute atomic E-state index is 0.367. The van der Waals surface area contributed by atoms with Crippen LogP contribution in [0.4, 0.5) is 0 Å². The Kier molecular flexibility index (Phi) is 4.60. The van der Waals surface area contributed by atoms with Gasteiger partial charge in [-0.3, -0.25) is 4.79 Å². The third kappa shape index (κ3) is 3.46. The molecule has 2 rings (SSSR count). The van der Waals surface area contributed by atoms with Crippen LogP contribution in [0.1, 0.15) is 25.7 Å². The summed E-state index contributed by atoms with van der Waals surface area (Å²) in [6.45, 7) is 7.64. The minimum atomic E-state index is 0.367. The van der Waals surface area contributed by atoms with Crippen molar-refractivity contribution < 1.29 is 4.79 Å². The Morgan fingerprint density at radius 3 is 2.62 bits per heavy atom. The Balaban J connectivity index is 1.61. The first kappa shape index (κ1) is 11.9. The molecule has 92 valence electrons. The molecule has 1 N–H and O–H groups in total. The van der Waals surface area contributed by atoms with Gasteiger partial charge in [-0.2, -0.15) is 0 Å². The van der Waals surface area contributed by atoms with E-state index in [1.807, 2.05) is 4.90 Å². The molecule has 0 radical (unpaired) electrons. The van der Waals surface area contributed by atoms with Crippen molar-refractivity contribution in [3.05, 3.63) is 0 Å². The van der Waals surface area contributed by atoms with Crippen LogP contribution in [0.5, 0.6) is 0 Å². The second kappa shape index (κ2) is 6.21. The number of rotatable bonds is 4. The van der Waals surface area contributed by atoms with Crippen LogP contribution in [-0.4, -0.2) is 61.5 Å². The zero-order valence-corrected chi connectivity index (χ0v) is 10.1. The average Bonchev–Trinajstić information content (AvgIpc) is 2.33.